The van der Waals surface area contributed by atoms with Gasteiger partial charge in [-0.25, -0.2) is 0 Å². The molecule has 2 aliphatic rings. The lowest BCUT2D eigenvalue weighted by Gasteiger charge is -2.24. The van der Waals surface area contributed by atoms with Crippen molar-refractivity contribution in [2.24, 2.45) is 4.99 Å². The van der Waals surface area contributed by atoms with Gasteiger partial charge in [0.25, 0.3) is 0 Å². The molecule has 0 bridgehead atoms. The summed E-state index contributed by atoms with van der Waals surface area (Å²) in [5.41, 5.74) is -0.514. The molecule has 1 atom stereocenters. The van der Waals surface area contributed by atoms with Crippen LogP contribution in [0.15, 0.2) is 4.99 Å². The Bertz CT molecular complexity index is 290. The molecule has 6 heteroatoms. The van der Waals surface area contributed by atoms with Gasteiger partial charge < -0.3 is 15.7 Å². The summed E-state index contributed by atoms with van der Waals surface area (Å²) in [6.07, 6.45) is 6.75. The molecule has 0 aromatic heterocycles. The fraction of sp³-hybridized carbons (Fsp3) is 0.923. The summed E-state index contributed by atoms with van der Waals surface area (Å²) in [6, 6.07) is 0. The highest BCUT2D eigenvalue weighted by atomic mass is 127. The maximum atomic E-state index is 10.3. The van der Waals surface area contributed by atoms with E-state index in [4.69, 9.17) is 0 Å². The number of thioether (sulfide) groups is 1. The van der Waals surface area contributed by atoms with E-state index in [2.05, 4.69) is 15.6 Å². The first-order valence-corrected chi connectivity index (χ1v) is 8.05. The van der Waals surface area contributed by atoms with E-state index < -0.39 is 5.60 Å². The van der Waals surface area contributed by atoms with Crippen LogP contribution >= 0.6 is 35.7 Å². The second kappa shape index (κ2) is 8.56. The summed E-state index contributed by atoms with van der Waals surface area (Å²) < 4.78 is 0. The highest BCUT2D eigenvalue weighted by Gasteiger charge is 2.31. The molecule has 19 heavy (non-hydrogen) atoms. The summed E-state index contributed by atoms with van der Waals surface area (Å²) in [7, 11) is 1.79. The number of nitrogens with zero attached hydrogens (tertiary/aromatic N) is 1. The van der Waals surface area contributed by atoms with Crippen molar-refractivity contribution in [3.05, 3.63) is 0 Å². The Morgan fingerprint density at radius 3 is 2.63 bits per heavy atom. The molecule has 112 valence electrons. The summed E-state index contributed by atoms with van der Waals surface area (Å²) in [4.78, 5) is 4.22. The van der Waals surface area contributed by atoms with Crippen molar-refractivity contribution >= 4 is 41.7 Å². The smallest absolute Gasteiger partial charge is 0.191 e. The minimum absolute atomic E-state index is 0. The molecular weight excluding hydrogens is 373 g/mol. The number of nitrogens with one attached hydrogen (secondary N) is 2. The van der Waals surface area contributed by atoms with Crippen LogP contribution in [0.5, 0.6) is 0 Å². The van der Waals surface area contributed by atoms with E-state index in [1.54, 1.807) is 7.05 Å². The Labute approximate surface area is 137 Å². The van der Waals surface area contributed by atoms with Crippen LogP contribution in [0.3, 0.4) is 0 Å². The van der Waals surface area contributed by atoms with Crippen LogP contribution in [-0.4, -0.2) is 47.8 Å². The highest BCUT2D eigenvalue weighted by Crippen LogP contribution is 2.28. The molecule has 2 rings (SSSR count). The van der Waals surface area contributed by atoms with Crippen molar-refractivity contribution in [3.63, 3.8) is 0 Å². The minimum atomic E-state index is -0.514. The fourth-order valence-electron chi connectivity index (χ4n) is 2.69. The van der Waals surface area contributed by atoms with Crippen molar-refractivity contribution in [1.82, 2.24) is 10.6 Å². The van der Waals surface area contributed by atoms with Crippen molar-refractivity contribution in [2.45, 2.75) is 49.4 Å². The molecule has 1 unspecified atom stereocenters. The Balaban J connectivity index is 0.00000180. The van der Waals surface area contributed by atoms with Gasteiger partial charge in [-0.3, -0.25) is 4.99 Å². The summed E-state index contributed by atoms with van der Waals surface area (Å²) >= 11 is 2.04. The number of aliphatic hydroxyl groups is 1. The number of halogens is 1. The van der Waals surface area contributed by atoms with Gasteiger partial charge in [0.2, 0.25) is 0 Å². The maximum Gasteiger partial charge on any atom is 0.191 e. The third-order valence-corrected chi connectivity index (χ3v) is 5.26. The van der Waals surface area contributed by atoms with Gasteiger partial charge in [-0.2, -0.15) is 11.8 Å². The highest BCUT2D eigenvalue weighted by molar-refractivity contribution is 14.0. The van der Waals surface area contributed by atoms with Crippen molar-refractivity contribution in [3.8, 4) is 0 Å². The van der Waals surface area contributed by atoms with Gasteiger partial charge in [0.15, 0.2) is 5.96 Å². The lowest BCUT2D eigenvalue weighted by atomic mass is 10.0. The fourth-order valence-corrected chi connectivity index (χ4v) is 3.90. The molecule has 1 aliphatic carbocycles. The molecule has 0 aromatic carbocycles. The average Bonchev–Trinajstić information content (AvgIpc) is 3.01. The largest absolute Gasteiger partial charge is 0.388 e. The van der Waals surface area contributed by atoms with Crippen LogP contribution < -0.4 is 10.6 Å². The number of guanidine groups is 1. The summed E-state index contributed by atoms with van der Waals surface area (Å²) in [5.74, 6) is 2.11. The Morgan fingerprint density at radius 1 is 1.32 bits per heavy atom. The molecule has 1 saturated heterocycles. The van der Waals surface area contributed by atoms with Gasteiger partial charge in [0.05, 0.1) is 5.60 Å². The molecule has 4 nitrogen and oxygen atoms in total. The summed E-state index contributed by atoms with van der Waals surface area (Å²) in [5, 5.41) is 17.6. The van der Waals surface area contributed by atoms with Crippen LogP contribution in [0.25, 0.3) is 0 Å². The standard InChI is InChI=1S/C13H25N3OS.HI/c1-14-12(15-9-11-5-4-8-18-11)16-10-13(17)6-2-3-7-13;/h11,17H,2-10H2,1H3,(H2,14,15,16);1H. The predicted molar refractivity (Wildman–Crippen MR) is 93.7 cm³/mol. The van der Waals surface area contributed by atoms with Gasteiger partial charge in [-0.1, -0.05) is 12.8 Å². The van der Waals surface area contributed by atoms with E-state index in [0.717, 1.165) is 43.4 Å². The van der Waals surface area contributed by atoms with E-state index in [9.17, 15) is 5.11 Å². The van der Waals surface area contributed by atoms with Crippen LogP contribution in [0, 0.1) is 0 Å². The maximum absolute atomic E-state index is 10.3. The van der Waals surface area contributed by atoms with Crippen molar-refractivity contribution in [2.75, 3.05) is 25.9 Å². The third kappa shape index (κ3) is 5.67. The van der Waals surface area contributed by atoms with Crippen LogP contribution in [-0.2, 0) is 0 Å². The lowest BCUT2D eigenvalue weighted by molar-refractivity contribution is 0.0522. The van der Waals surface area contributed by atoms with E-state index in [0.29, 0.717) is 6.54 Å². The monoisotopic (exact) mass is 399 g/mol. The first-order chi connectivity index (χ1) is 8.72. The number of aliphatic imine (C=N–C) groups is 1. The molecule has 1 heterocycles. The normalized spacial score (nSPS) is 26.0. The molecular formula is C13H26IN3OS. The topological polar surface area (TPSA) is 56.7 Å². The van der Waals surface area contributed by atoms with Crippen molar-refractivity contribution < 1.29 is 5.11 Å². The Kier molecular flexibility index (Phi) is 7.83. The molecule has 0 amide bonds. The Hall–Kier alpha value is 0.310. The molecule has 0 aromatic rings. The van der Waals surface area contributed by atoms with E-state index in [-0.39, 0.29) is 24.0 Å². The van der Waals surface area contributed by atoms with Gasteiger partial charge in [-0.05, 0) is 31.4 Å². The Morgan fingerprint density at radius 2 is 2.05 bits per heavy atom. The van der Waals surface area contributed by atoms with E-state index in [1.165, 1.54) is 18.6 Å². The first kappa shape index (κ1) is 17.4. The second-order valence-electron chi connectivity index (χ2n) is 5.37. The lowest BCUT2D eigenvalue weighted by Crippen LogP contribution is -2.47. The van der Waals surface area contributed by atoms with E-state index >= 15 is 0 Å². The third-order valence-electron chi connectivity index (χ3n) is 3.86. The average molecular weight is 399 g/mol. The van der Waals surface area contributed by atoms with Gasteiger partial charge in [-0.15, -0.1) is 24.0 Å². The number of rotatable bonds is 4. The second-order valence-corrected chi connectivity index (χ2v) is 6.78. The quantitative estimate of drug-likeness (QED) is 0.385. The van der Waals surface area contributed by atoms with Gasteiger partial charge in [0, 0.05) is 25.4 Å². The summed E-state index contributed by atoms with van der Waals surface area (Å²) in [6.45, 7) is 1.59. The van der Waals surface area contributed by atoms with E-state index in [1.807, 2.05) is 11.8 Å². The first-order valence-electron chi connectivity index (χ1n) is 7.00. The zero-order valence-electron chi connectivity index (χ0n) is 11.7. The van der Waals surface area contributed by atoms with Crippen molar-refractivity contribution in [1.29, 1.82) is 0 Å². The molecule has 0 spiro atoms. The zero-order valence-corrected chi connectivity index (χ0v) is 14.8. The molecule has 2 fully saturated rings. The molecule has 0 radical (unpaired) electrons. The van der Waals surface area contributed by atoms with Crippen LogP contribution in [0.2, 0.25) is 0 Å². The zero-order chi connectivity index (χ0) is 12.8. The molecule has 1 saturated carbocycles. The molecule has 3 N–H and O–H groups in total. The number of hydrogen-bond donors (Lipinski definition) is 3. The SMILES string of the molecule is CN=C(NCC1CCCS1)NCC1(O)CCCC1.I. The number of hydrogen-bond acceptors (Lipinski definition) is 3. The van der Waals surface area contributed by atoms with Gasteiger partial charge >= 0.3 is 0 Å². The van der Waals surface area contributed by atoms with Gasteiger partial charge in [0.1, 0.15) is 0 Å². The van der Waals surface area contributed by atoms with Crippen LogP contribution in [0.1, 0.15) is 38.5 Å². The predicted octanol–water partition coefficient (Wildman–Crippen LogP) is 1.97. The minimum Gasteiger partial charge on any atom is -0.388 e. The molecule has 1 aliphatic heterocycles. The van der Waals surface area contributed by atoms with Crippen LogP contribution in [0.4, 0.5) is 0 Å².